The van der Waals surface area contributed by atoms with Crippen LogP contribution < -0.4 is 10.2 Å². The fourth-order valence-corrected chi connectivity index (χ4v) is 4.17. The lowest BCUT2D eigenvalue weighted by Gasteiger charge is -2.27. The maximum Gasteiger partial charge on any atom is 0.338 e. The highest BCUT2D eigenvalue weighted by atomic mass is 16.5. The summed E-state index contributed by atoms with van der Waals surface area (Å²) in [6, 6.07) is 14.8. The number of anilines is 1. The minimum absolute atomic E-state index is 0.0547. The second-order valence-electron chi connectivity index (χ2n) is 7.90. The Hall–Kier alpha value is -3.15. The summed E-state index contributed by atoms with van der Waals surface area (Å²) in [6.07, 6.45) is 3.42. The molecule has 0 radical (unpaired) electrons. The summed E-state index contributed by atoms with van der Waals surface area (Å²) in [7, 11) is 0. The van der Waals surface area contributed by atoms with E-state index in [9.17, 15) is 14.4 Å². The molecule has 2 aliphatic rings. The van der Waals surface area contributed by atoms with Crippen LogP contribution in [0.5, 0.6) is 0 Å². The fraction of sp³-hybridized carbons (Fsp3) is 0.375. The van der Waals surface area contributed by atoms with Crippen LogP contribution in [-0.4, -0.2) is 30.4 Å². The van der Waals surface area contributed by atoms with Crippen molar-refractivity contribution < 1.29 is 19.1 Å². The maximum atomic E-state index is 12.6. The molecule has 1 aliphatic carbocycles. The van der Waals surface area contributed by atoms with Crippen molar-refractivity contribution in [1.29, 1.82) is 0 Å². The van der Waals surface area contributed by atoms with Crippen LogP contribution in [0.3, 0.4) is 0 Å². The highest BCUT2D eigenvalue weighted by molar-refractivity contribution is 5.96. The van der Waals surface area contributed by atoms with E-state index in [1.807, 2.05) is 18.2 Å². The topological polar surface area (TPSA) is 75.7 Å². The average Bonchev–Trinajstić information content (AvgIpc) is 3.20. The number of carbonyl (C=O) groups is 3. The minimum Gasteiger partial charge on any atom is -0.449 e. The third kappa shape index (κ3) is 4.22. The summed E-state index contributed by atoms with van der Waals surface area (Å²) >= 11 is 0. The molecule has 4 rings (SSSR count). The number of ether oxygens (including phenoxy) is 1. The van der Waals surface area contributed by atoms with Crippen molar-refractivity contribution in [3.8, 4) is 0 Å². The molecule has 1 N–H and O–H groups in total. The lowest BCUT2D eigenvalue weighted by atomic mass is 9.87. The summed E-state index contributed by atoms with van der Waals surface area (Å²) < 4.78 is 5.38. The number of benzene rings is 2. The van der Waals surface area contributed by atoms with Gasteiger partial charge in [-0.15, -0.1) is 0 Å². The highest BCUT2D eigenvalue weighted by Crippen LogP contribution is 2.29. The van der Waals surface area contributed by atoms with Crippen molar-refractivity contribution >= 4 is 23.5 Å². The normalized spacial score (nSPS) is 19.2. The van der Waals surface area contributed by atoms with Crippen molar-refractivity contribution in [2.24, 2.45) is 0 Å². The van der Waals surface area contributed by atoms with Gasteiger partial charge >= 0.3 is 5.97 Å². The van der Waals surface area contributed by atoms with Crippen LogP contribution in [0.15, 0.2) is 48.5 Å². The molecule has 1 aliphatic heterocycles. The zero-order chi connectivity index (χ0) is 21.1. The van der Waals surface area contributed by atoms with Gasteiger partial charge < -0.3 is 15.0 Å². The first-order valence-corrected chi connectivity index (χ1v) is 10.5. The molecule has 1 saturated heterocycles. The molecule has 156 valence electrons. The van der Waals surface area contributed by atoms with Crippen molar-refractivity contribution in [2.45, 2.75) is 51.2 Å². The van der Waals surface area contributed by atoms with Gasteiger partial charge in [0, 0.05) is 18.7 Å². The van der Waals surface area contributed by atoms with Gasteiger partial charge in [0.05, 0.1) is 11.6 Å². The van der Waals surface area contributed by atoms with Crippen LogP contribution in [0.1, 0.15) is 60.1 Å². The molecule has 0 unspecified atom stereocenters. The Bertz CT molecular complexity index is 954. The van der Waals surface area contributed by atoms with Gasteiger partial charge in [-0.3, -0.25) is 9.59 Å². The Morgan fingerprint density at radius 1 is 1.07 bits per heavy atom. The van der Waals surface area contributed by atoms with Crippen LogP contribution >= 0.6 is 0 Å². The smallest absolute Gasteiger partial charge is 0.338 e. The molecule has 0 bridgehead atoms. The molecule has 30 heavy (non-hydrogen) atoms. The maximum absolute atomic E-state index is 12.6. The van der Waals surface area contributed by atoms with Crippen molar-refractivity contribution in [3.05, 3.63) is 65.2 Å². The van der Waals surface area contributed by atoms with Crippen molar-refractivity contribution in [1.82, 2.24) is 5.32 Å². The van der Waals surface area contributed by atoms with E-state index < -0.39 is 12.1 Å². The van der Waals surface area contributed by atoms with Crippen molar-refractivity contribution in [3.63, 3.8) is 0 Å². The number of aryl methyl sites for hydroxylation is 1. The summed E-state index contributed by atoms with van der Waals surface area (Å²) in [6.45, 7) is 2.28. The molecule has 6 nitrogen and oxygen atoms in total. The third-order valence-electron chi connectivity index (χ3n) is 5.83. The van der Waals surface area contributed by atoms with E-state index in [0.717, 1.165) is 36.9 Å². The molecule has 2 aromatic carbocycles. The zero-order valence-electron chi connectivity index (χ0n) is 17.1. The Balaban J connectivity index is 1.35. The fourth-order valence-electron chi connectivity index (χ4n) is 4.17. The first kappa shape index (κ1) is 20.1. The summed E-state index contributed by atoms with van der Waals surface area (Å²) in [4.78, 5) is 38.6. The van der Waals surface area contributed by atoms with Gasteiger partial charge in [0.15, 0.2) is 6.10 Å². The number of hydrogen-bond acceptors (Lipinski definition) is 4. The lowest BCUT2D eigenvalue weighted by molar-refractivity contribution is -0.130. The number of esters is 1. The van der Waals surface area contributed by atoms with E-state index in [1.54, 1.807) is 36.1 Å². The van der Waals surface area contributed by atoms with E-state index >= 15 is 0 Å². The van der Waals surface area contributed by atoms with Crippen LogP contribution in [0, 0.1) is 0 Å². The zero-order valence-corrected chi connectivity index (χ0v) is 17.1. The number of hydrogen-bond donors (Lipinski definition) is 1. The van der Waals surface area contributed by atoms with E-state index in [0.29, 0.717) is 18.5 Å². The quantitative estimate of drug-likeness (QED) is 0.771. The van der Waals surface area contributed by atoms with Gasteiger partial charge in [-0.25, -0.2) is 4.79 Å². The van der Waals surface area contributed by atoms with Crippen LogP contribution in [0.25, 0.3) is 0 Å². The van der Waals surface area contributed by atoms with E-state index in [2.05, 4.69) is 11.4 Å². The van der Waals surface area contributed by atoms with Crippen molar-refractivity contribution in [2.75, 3.05) is 11.4 Å². The number of amides is 2. The molecule has 0 saturated carbocycles. The number of nitrogens with zero attached hydrogens (tertiary/aromatic N) is 1. The second-order valence-corrected chi connectivity index (χ2v) is 7.90. The first-order chi connectivity index (χ1) is 14.5. The Labute approximate surface area is 176 Å². The van der Waals surface area contributed by atoms with E-state index in [1.165, 1.54) is 5.56 Å². The second kappa shape index (κ2) is 8.69. The molecule has 1 heterocycles. The lowest BCUT2D eigenvalue weighted by Crippen LogP contribution is -2.39. The summed E-state index contributed by atoms with van der Waals surface area (Å²) in [5.41, 5.74) is 3.53. The largest absolute Gasteiger partial charge is 0.449 e. The molecular weight excluding hydrogens is 380 g/mol. The standard InChI is InChI=1S/C24H26N2O4/c1-16(23(28)25-21-9-4-7-17-6-2-3-8-20(17)21)30-24(29)18-11-13-19(14-12-18)26-15-5-10-22(26)27/h2-3,6,8,11-14,16,21H,4-5,7,9-10,15H2,1H3,(H,25,28)/t16-,21-/m1/s1. The molecule has 1 fully saturated rings. The minimum atomic E-state index is -0.897. The van der Waals surface area contributed by atoms with Gasteiger partial charge in [-0.05, 0) is 68.0 Å². The molecule has 2 amide bonds. The molecule has 0 spiro atoms. The van der Waals surface area contributed by atoms with E-state index in [-0.39, 0.29) is 17.9 Å². The van der Waals surface area contributed by atoms with Gasteiger partial charge in [0.2, 0.25) is 5.91 Å². The van der Waals surface area contributed by atoms with Gasteiger partial charge in [-0.1, -0.05) is 24.3 Å². The van der Waals surface area contributed by atoms with Gasteiger partial charge in [-0.2, -0.15) is 0 Å². The summed E-state index contributed by atoms with van der Waals surface area (Å²) in [5.74, 6) is -0.759. The van der Waals surface area contributed by atoms with Gasteiger partial charge in [0.25, 0.3) is 5.91 Å². The highest BCUT2D eigenvalue weighted by Gasteiger charge is 2.26. The van der Waals surface area contributed by atoms with Crippen LogP contribution in [-0.2, 0) is 20.7 Å². The Morgan fingerprint density at radius 3 is 2.57 bits per heavy atom. The summed E-state index contributed by atoms with van der Waals surface area (Å²) in [5, 5.41) is 3.02. The molecular formula is C24H26N2O4. The number of nitrogens with one attached hydrogen (secondary N) is 1. The Kier molecular flexibility index (Phi) is 5.84. The Morgan fingerprint density at radius 2 is 1.83 bits per heavy atom. The first-order valence-electron chi connectivity index (χ1n) is 10.5. The van der Waals surface area contributed by atoms with Gasteiger partial charge in [0.1, 0.15) is 0 Å². The number of carbonyl (C=O) groups excluding carboxylic acids is 3. The number of fused-ring (bicyclic) bond motifs is 1. The SMILES string of the molecule is C[C@@H](OC(=O)c1ccc(N2CCCC2=O)cc1)C(=O)N[C@@H]1CCCc2ccccc21. The third-order valence-corrected chi connectivity index (χ3v) is 5.83. The average molecular weight is 406 g/mol. The predicted molar refractivity (Wildman–Crippen MR) is 113 cm³/mol. The molecule has 2 aromatic rings. The monoisotopic (exact) mass is 406 g/mol. The number of rotatable bonds is 5. The van der Waals surface area contributed by atoms with E-state index in [4.69, 9.17) is 4.74 Å². The molecule has 0 aromatic heterocycles. The predicted octanol–water partition coefficient (Wildman–Crippen LogP) is 3.55. The van der Waals surface area contributed by atoms with Crippen LogP contribution in [0.4, 0.5) is 5.69 Å². The van der Waals surface area contributed by atoms with Crippen LogP contribution in [0.2, 0.25) is 0 Å². The molecule has 2 atom stereocenters. The molecule has 6 heteroatoms.